The predicted octanol–water partition coefficient (Wildman–Crippen LogP) is 1.94. The summed E-state index contributed by atoms with van der Waals surface area (Å²) in [6.45, 7) is 1.63. The van der Waals surface area contributed by atoms with Crippen LogP contribution in [0.15, 0.2) is 12.3 Å². The highest BCUT2D eigenvalue weighted by Gasteiger charge is 2.60. The molecule has 4 aliphatic rings. The van der Waals surface area contributed by atoms with Gasteiger partial charge in [-0.15, -0.1) is 0 Å². The van der Waals surface area contributed by atoms with E-state index in [9.17, 15) is 18.9 Å². The van der Waals surface area contributed by atoms with Crippen LogP contribution in [0.5, 0.6) is 0 Å². The minimum absolute atomic E-state index is 0.0424. The van der Waals surface area contributed by atoms with Crippen molar-refractivity contribution in [3.63, 3.8) is 0 Å². The van der Waals surface area contributed by atoms with Gasteiger partial charge in [0.25, 0.3) is 0 Å². The quantitative estimate of drug-likeness (QED) is 0.234. The second-order valence-electron chi connectivity index (χ2n) is 9.11. The van der Waals surface area contributed by atoms with Crippen LogP contribution in [-0.4, -0.2) is 65.9 Å². The highest BCUT2D eigenvalue weighted by molar-refractivity contribution is 7.48. The summed E-state index contributed by atoms with van der Waals surface area (Å²) >= 11 is 0. The Kier molecular flexibility index (Phi) is 7.38. The van der Waals surface area contributed by atoms with Gasteiger partial charge in [-0.25, -0.2) is 4.57 Å². The van der Waals surface area contributed by atoms with Crippen molar-refractivity contribution in [2.45, 2.75) is 88.4 Å². The molecule has 11 nitrogen and oxygen atoms in total. The Labute approximate surface area is 192 Å². The topological polar surface area (TPSA) is 144 Å². The zero-order chi connectivity index (χ0) is 23.6. The van der Waals surface area contributed by atoms with Crippen molar-refractivity contribution in [1.82, 2.24) is 4.90 Å². The first-order chi connectivity index (χ1) is 15.7. The van der Waals surface area contributed by atoms with Gasteiger partial charge in [-0.3, -0.25) is 32.9 Å². The van der Waals surface area contributed by atoms with Crippen molar-refractivity contribution in [1.29, 1.82) is 0 Å². The van der Waals surface area contributed by atoms with Gasteiger partial charge in [0.15, 0.2) is 12.0 Å². The Morgan fingerprint density at radius 2 is 2.06 bits per heavy atom. The SMILES string of the molecule is C[C@@]1(N)[C@@H]2O[P@@](=O)(OCCCCC(=O)OC3CCCC3)OC[C@H]2O[C@H]1N1C=CC(=O)CC1=O. The number of carbonyl (C=O) groups excluding carboxylic acids is 3. The maximum Gasteiger partial charge on any atom is 0.475 e. The number of allylic oxidation sites excluding steroid dienone is 1. The van der Waals surface area contributed by atoms with E-state index in [1.54, 1.807) is 6.92 Å². The zero-order valence-corrected chi connectivity index (χ0v) is 19.6. The first-order valence-corrected chi connectivity index (χ1v) is 12.9. The number of hydrogen-bond donors (Lipinski definition) is 1. The van der Waals surface area contributed by atoms with E-state index in [0.717, 1.165) is 25.7 Å². The largest absolute Gasteiger partial charge is 0.475 e. The average molecular weight is 486 g/mol. The number of nitrogens with two attached hydrogens (primary N) is 1. The monoisotopic (exact) mass is 486 g/mol. The van der Waals surface area contributed by atoms with Crippen molar-refractivity contribution in [3.8, 4) is 0 Å². The summed E-state index contributed by atoms with van der Waals surface area (Å²) in [5.41, 5.74) is 5.23. The molecule has 1 saturated carbocycles. The molecule has 4 rings (SSSR count). The number of esters is 1. The van der Waals surface area contributed by atoms with E-state index in [1.165, 1.54) is 17.2 Å². The molecule has 0 aromatic rings. The lowest BCUT2D eigenvalue weighted by molar-refractivity contribution is -0.149. The summed E-state index contributed by atoms with van der Waals surface area (Å²) in [4.78, 5) is 36.9. The van der Waals surface area contributed by atoms with Gasteiger partial charge >= 0.3 is 13.8 Å². The van der Waals surface area contributed by atoms with Crippen LogP contribution in [0.1, 0.15) is 58.3 Å². The Hall–Kier alpha value is -1.62. The summed E-state index contributed by atoms with van der Waals surface area (Å²) in [6.07, 6.45) is 5.33. The predicted molar refractivity (Wildman–Crippen MR) is 113 cm³/mol. The second kappa shape index (κ2) is 9.93. The van der Waals surface area contributed by atoms with Crippen LogP contribution in [0.3, 0.4) is 0 Å². The number of fused-ring (bicyclic) bond motifs is 1. The van der Waals surface area contributed by atoms with Gasteiger partial charge in [-0.05, 0) is 51.5 Å². The highest BCUT2D eigenvalue weighted by Crippen LogP contribution is 2.57. The molecule has 3 heterocycles. The van der Waals surface area contributed by atoms with Crippen molar-refractivity contribution < 1.29 is 42.0 Å². The molecule has 0 spiro atoms. The molecule has 184 valence electrons. The van der Waals surface area contributed by atoms with E-state index < -0.39 is 37.7 Å². The molecule has 2 N–H and O–H groups in total. The number of phosphoric ester groups is 1. The maximum absolute atomic E-state index is 13.0. The summed E-state index contributed by atoms with van der Waals surface area (Å²) in [7, 11) is -3.89. The van der Waals surface area contributed by atoms with Crippen molar-refractivity contribution >= 4 is 25.5 Å². The number of phosphoric acid groups is 1. The standard InChI is InChI=1S/C21H31N2O9P/c1-21(22)19-16(31-20(21)23-10-9-14(24)12-17(23)25)13-29-33(27,32-19)28-11-5-4-8-18(26)30-15-6-2-3-7-15/h9-10,15-16,19-20H,2-8,11-13,22H2,1H3/t16-,19-,20-,21-,33+/m1/s1. The van der Waals surface area contributed by atoms with E-state index >= 15 is 0 Å². The number of ether oxygens (including phenoxy) is 2. The molecule has 33 heavy (non-hydrogen) atoms. The molecule has 0 aromatic heterocycles. The third-order valence-corrected chi connectivity index (χ3v) is 7.79. The number of rotatable bonds is 8. The first-order valence-electron chi connectivity index (χ1n) is 11.4. The van der Waals surface area contributed by atoms with Crippen molar-refractivity contribution in [2.75, 3.05) is 13.2 Å². The fraction of sp³-hybridized carbons (Fsp3) is 0.762. The lowest BCUT2D eigenvalue weighted by atomic mass is 9.92. The molecule has 0 radical (unpaired) electrons. The van der Waals surface area contributed by atoms with Crippen LogP contribution < -0.4 is 5.73 Å². The van der Waals surface area contributed by atoms with Crippen LogP contribution in [-0.2, 0) is 42.0 Å². The molecular formula is C21H31N2O9P. The molecule has 0 aromatic carbocycles. The smallest absolute Gasteiger partial charge is 0.462 e. The molecule has 0 bridgehead atoms. The number of hydrogen-bond acceptors (Lipinski definition) is 10. The Bertz CT molecular complexity index is 855. The van der Waals surface area contributed by atoms with E-state index in [1.807, 2.05) is 0 Å². The lowest BCUT2D eigenvalue weighted by Crippen LogP contribution is -2.60. The van der Waals surface area contributed by atoms with E-state index in [2.05, 4.69) is 0 Å². The van der Waals surface area contributed by atoms with Crippen LogP contribution in [0.4, 0.5) is 0 Å². The third-order valence-electron chi connectivity index (χ3n) is 6.34. The number of ketones is 1. The molecule has 1 aliphatic carbocycles. The average Bonchev–Trinajstić information content (AvgIpc) is 3.34. The Balaban J connectivity index is 1.25. The van der Waals surface area contributed by atoms with Gasteiger partial charge in [0.05, 0.1) is 25.2 Å². The molecule has 3 fully saturated rings. The van der Waals surface area contributed by atoms with Gasteiger partial charge in [-0.2, -0.15) is 0 Å². The van der Waals surface area contributed by atoms with Crippen molar-refractivity contribution in [2.24, 2.45) is 5.73 Å². The minimum Gasteiger partial charge on any atom is -0.462 e. The number of unbranched alkanes of at least 4 members (excludes halogenated alkanes) is 1. The summed E-state index contributed by atoms with van der Waals surface area (Å²) < 4.78 is 40.7. The summed E-state index contributed by atoms with van der Waals surface area (Å²) in [5, 5.41) is 0. The summed E-state index contributed by atoms with van der Waals surface area (Å²) in [6, 6.07) is 0. The zero-order valence-electron chi connectivity index (χ0n) is 18.7. The number of nitrogens with zero attached hydrogens (tertiary/aromatic N) is 1. The molecule has 5 atom stereocenters. The molecule has 0 unspecified atom stereocenters. The summed E-state index contributed by atoms with van der Waals surface area (Å²) in [5.74, 6) is -0.957. The maximum atomic E-state index is 13.0. The minimum atomic E-state index is -3.89. The molecule has 1 amide bonds. The normalized spacial score (nSPS) is 36.9. The number of amides is 1. The Morgan fingerprint density at radius 1 is 1.30 bits per heavy atom. The fourth-order valence-corrected chi connectivity index (χ4v) is 6.07. The third kappa shape index (κ3) is 5.55. The second-order valence-corrected chi connectivity index (χ2v) is 10.7. The van der Waals surface area contributed by atoms with Gasteiger partial charge in [0.2, 0.25) is 5.91 Å². The van der Waals surface area contributed by atoms with Crippen molar-refractivity contribution in [3.05, 3.63) is 12.3 Å². The van der Waals surface area contributed by atoms with E-state index in [4.69, 9.17) is 28.8 Å². The highest BCUT2D eigenvalue weighted by atomic mass is 31.2. The van der Waals surface area contributed by atoms with E-state index in [-0.39, 0.29) is 43.9 Å². The number of carbonyl (C=O) groups is 3. The van der Waals surface area contributed by atoms with Gasteiger partial charge < -0.3 is 15.2 Å². The van der Waals surface area contributed by atoms with E-state index in [0.29, 0.717) is 12.8 Å². The fourth-order valence-electron chi connectivity index (χ4n) is 4.55. The molecule has 3 aliphatic heterocycles. The van der Waals surface area contributed by atoms with Gasteiger partial charge in [0.1, 0.15) is 18.3 Å². The van der Waals surface area contributed by atoms with Crippen LogP contribution in [0.25, 0.3) is 0 Å². The van der Waals surface area contributed by atoms with Crippen LogP contribution >= 0.6 is 7.82 Å². The van der Waals surface area contributed by atoms with Crippen LogP contribution in [0.2, 0.25) is 0 Å². The first kappa shape index (κ1) is 24.5. The van der Waals surface area contributed by atoms with Crippen LogP contribution in [0, 0.1) is 0 Å². The van der Waals surface area contributed by atoms with Gasteiger partial charge in [-0.1, -0.05) is 0 Å². The lowest BCUT2D eigenvalue weighted by Gasteiger charge is -2.38. The molecule has 12 heteroatoms. The Morgan fingerprint density at radius 3 is 2.79 bits per heavy atom. The molecule has 2 saturated heterocycles. The van der Waals surface area contributed by atoms with Gasteiger partial charge in [0, 0.05) is 12.6 Å². The molecular weight excluding hydrogens is 455 g/mol.